The van der Waals surface area contributed by atoms with Crippen LogP contribution in [0.4, 0.5) is 0 Å². The Kier molecular flexibility index (Phi) is 11.5. The average molecular weight is 571 g/mol. The van der Waals surface area contributed by atoms with Gasteiger partial charge in [0.05, 0.1) is 30.9 Å². The molecule has 12 heteroatoms. The molecule has 1 aliphatic rings. The van der Waals surface area contributed by atoms with Crippen molar-refractivity contribution in [3.8, 4) is 11.4 Å². The van der Waals surface area contributed by atoms with E-state index in [1.807, 2.05) is 42.5 Å². The Balaban J connectivity index is 0.000000649. The van der Waals surface area contributed by atoms with E-state index >= 15 is 0 Å². The zero-order valence-corrected chi connectivity index (χ0v) is 23.4. The van der Waals surface area contributed by atoms with E-state index in [0.717, 1.165) is 6.26 Å². The largest absolute Gasteiger partial charge is 0.378 e. The van der Waals surface area contributed by atoms with Gasteiger partial charge in [-0.2, -0.15) is 4.98 Å². The molecule has 0 spiro atoms. The summed E-state index contributed by atoms with van der Waals surface area (Å²) in [4.78, 5) is 44.2. The lowest BCUT2D eigenvalue weighted by Gasteiger charge is -2.28. The molecular weight excluding hydrogens is 536 g/mol. The van der Waals surface area contributed by atoms with Crippen molar-refractivity contribution in [2.75, 3.05) is 38.3 Å². The molecule has 4 rings (SSSR count). The van der Waals surface area contributed by atoms with Crippen LogP contribution in [0.1, 0.15) is 30.5 Å². The minimum Gasteiger partial charge on any atom is -0.378 e. The minimum atomic E-state index is -3.57. The normalized spacial score (nSPS) is 14.8. The van der Waals surface area contributed by atoms with E-state index in [1.54, 1.807) is 31.2 Å². The third-order valence-electron chi connectivity index (χ3n) is 6.04. The molecule has 3 aromatic rings. The number of amides is 2. The molecule has 0 radical (unpaired) electrons. The second kappa shape index (κ2) is 15.0. The number of ketones is 1. The Bertz CT molecular complexity index is 1310. The number of aromatic nitrogens is 2. The van der Waals surface area contributed by atoms with E-state index in [2.05, 4.69) is 15.5 Å². The minimum absolute atomic E-state index is 0.205. The summed E-state index contributed by atoms with van der Waals surface area (Å²) in [6.07, 6.45) is 0.914. The SMILES string of the molecule is CC[C@H](NC(=O)C(CC(=O)N1CCOCC1)CS(C)(=O)=O)C(=O)c1nc(-c2ccccc2)no1.c1ccccc1. The summed E-state index contributed by atoms with van der Waals surface area (Å²) in [5.41, 5.74) is 0.664. The standard InChI is InChI=1S/C22H28N4O7S.C6H6/c1-3-17(19(28)22-24-20(25-33-22)15-7-5-4-6-8-15)23-21(29)16(14-34(2,30)31)13-18(27)26-9-11-32-12-10-26;1-2-4-6-5-3-1/h4-8,16-17H,3,9-14H2,1-2H3,(H,23,29);1-6H/t16?,17-;/m0./s1. The number of morpholine rings is 1. The van der Waals surface area contributed by atoms with Gasteiger partial charge in [-0.15, -0.1) is 0 Å². The number of hydrogen-bond acceptors (Lipinski definition) is 9. The summed E-state index contributed by atoms with van der Waals surface area (Å²) in [5, 5.41) is 6.39. The van der Waals surface area contributed by atoms with E-state index < -0.39 is 39.2 Å². The number of nitrogens with zero attached hydrogens (tertiary/aromatic N) is 3. The smallest absolute Gasteiger partial charge is 0.296 e. The molecular formula is C28H34N4O7S. The predicted octanol–water partition coefficient (Wildman–Crippen LogP) is 2.41. The second-order valence-electron chi connectivity index (χ2n) is 9.26. The van der Waals surface area contributed by atoms with E-state index in [9.17, 15) is 22.8 Å². The first-order valence-corrected chi connectivity index (χ1v) is 15.0. The van der Waals surface area contributed by atoms with Crippen LogP contribution in [0.15, 0.2) is 71.3 Å². The Labute approximate surface area is 233 Å². The molecule has 1 fully saturated rings. The van der Waals surface area contributed by atoms with Gasteiger partial charge in [0.15, 0.2) is 0 Å². The van der Waals surface area contributed by atoms with Crippen LogP contribution in [0, 0.1) is 5.92 Å². The molecule has 0 saturated carbocycles. The van der Waals surface area contributed by atoms with Gasteiger partial charge in [0.25, 0.3) is 5.89 Å². The van der Waals surface area contributed by atoms with E-state index in [-0.39, 0.29) is 30.5 Å². The molecule has 2 atom stereocenters. The molecule has 1 unspecified atom stereocenters. The first kappa shape index (κ1) is 30.6. The lowest BCUT2D eigenvalue weighted by Crippen LogP contribution is -2.47. The Morgan fingerprint density at radius 3 is 2.10 bits per heavy atom. The van der Waals surface area contributed by atoms with E-state index in [1.165, 1.54) is 4.90 Å². The van der Waals surface area contributed by atoms with Gasteiger partial charge >= 0.3 is 0 Å². The maximum Gasteiger partial charge on any atom is 0.296 e. The molecule has 1 saturated heterocycles. The predicted molar refractivity (Wildman–Crippen MR) is 148 cm³/mol. The molecule has 40 heavy (non-hydrogen) atoms. The summed E-state index contributed by atoms with van der Waals surface area (Å²) >= 11 is 0. The van der Waals surface area contributed by atoms with Crippen LogP contribution in [0.3, 0.4) is 0 Å². The van der Waals surface area contributed by atoms with Crippen LogP contribution in [0.2, 0.25) is 0 Å². The number of benzene rings is 2. The number of carbonyl (C=O) groups excluding carboxylic acids is 3. The highest BCUT2D eigenvalue weighted by Crippen LogP contribution is 2.17. The third-order valence-corrected chi connectivity index (χ3v) is 7.04. The van der Waals surface area contributed by atoms with Crippen LogP contribution in [-0.2, 0) is 24.2 Å². The Morgan fingerprint density at radius 2 is 1.55 bits per heavy atom. The molecule has 1 aliphatic heterocycles. The number of hydrogen-bond donors (Lipinski definition) is 1. The van der Waals surface area contributed by atoms with Crippen LogP contribution in [0.5, 0.6) is 0 Å². The highest BCUT2D eigenvalue weighted by molar-refractivity contribution is 7.90. The third kappa shape index (κ3) is 9.69. The van der Waals surface area contributed by atoms with Gasteiger partial charge in [0.2, 0.25) is 23.4 Å². The topological polar surface area (TPSA) is 149 Å². The summed E-state index contributed by atoms with van der Waals surface area (Å²) in [5.74, 6) is -3.33. The molecule has 2 amide bonds. The van der Waals surface area contributed by atoms with Crippen LogP contribution >= 0.6 is 0 Å². The van der Waals surface area contributed by atoms with Gasteiger partial charge in [-0.05, 0) is 6.42 Å². The molecule has 2 aromatic carbocycles. The summed E-state index contributed by atoms with van der Waals surface area (Å²) in [6, 6.07) is 19.9. The van der Waals surface area contributed by atoms with Crippen molar-refractivity contribution in [1.29, 1.82) is 0 Å². The maximum atomic E-state index is 13.0. The number of carbonyl (C=O) groups is 3. The van der Waals surface area contributed by atoms with Crippen molar-refractivity contribution in [3.05, 3.63) is 72.6 Å². The highest BCUT2D eigenvalue weighted by Gasteiger charge is 2.32. The van der Waals surface area contributed by atoms with Crippen molar-refractivity contribution in [1.82, 2.24) is 20.4 Å². The zero-order chi connectivity index (χ0) is 29.0. The zero-order valence-electron chi connectivity index (χ0n) is 22.6. The van der Waals surface area contributed by atoms with E-state index in [4.69, 9.17) is 9.26 Å². The number of sulfone groups is 1. The lowest BCUT2D eigenvalue weighted by atomic mass is 10.0. The van der Waals surface area contributed by atoms with Crippen molar-refractivity contribution >= 4 is 27.4 Å². The lowest BCUT2D eigenvalue weighted by molar-refractivity contribution is -0.139. The molecule has 0 bridgehead atoms. The molecule has 0 aliphatic carbocycles. The number of Topliss-reactive ketones (excluding diaryl/α,β-unsaturated/α-hetero) is 1. The second-order valence-corrected chi connectivity index (χ2v) is 11.4. The molecule has 1 aromatic heterocycles. The average Bonchev–Trinajstić information content (AvgIpc) is 3.47. The van der Waals surface area contributed by atoms with Gasteiger partial charge in [0.1, 0.15) is 9.84 Å². The molecule has 2 heterocycles. The van der Waals surface area contributed by atoms with Gasteiger partial charge in [-0.1, -0.05) is 78.8 Å². The van der Waals surface area contributed by atoms with Crippen molar-refractivity contribution in [3.63, 3.8) is 0 Å². The molecule has 11 nitrogen and oxygen atoms in total. The number of nitrogens with one attached hydrogen (secondary N) is 1. The van der Waals surface area contributed by atoms with Crippen molar-refractivity contribution in [2.45, 2.75) is 25.8 Å². The van der Waals surface area contributed by atoms with Gasteiger partial charge in [0, 0.05) is 31.3 Å². The highest BCUT2D eigenvalue weighted by atomic mass is 32.2. The summed E-state index contributed by atoms with van der Waals surface area (Å²) in [6.45, 7) is 3.21. The van der Waals surface area contributed by atoms with Crippen LogP contribution in [-0.4, -0.2) is 85.4 Å². The fourth-order valence-electron chi connectivity index (χ4n) is 3.95. The first-order valence-electron chi connectivity index (χ1n) is 12.9. The van der Waals surface area contributed by atoms with Gasteiger partial charge in [-0.3, -0.25) is 14.4 Å². The molecule has 214 valence electrons. The Hall–Kier alpha value is -3.90. The van der Waals surface area contributed by atoms with Gasteiger partial charge < -0.3 is 19.5 Å². The van der Waals surface area contributed by atoms with Crippen molar-refractivity contribution in [2.24, 2.45) is 5.92 Å². The molecule has 1 N–H and O–H groups in total. The summed E-state index contributed by atoms with van der Waals surface area (Å²) in [7, 11) is -3.57. The van der Waals surface area contributed by atoms with Crippen LogP contribution in [0.25, 0.3) is 11.4 Å². The quantitative estimate of drug-likeness (QED) is 0.363. The van der Waals surface area contributed by atoms with Gasteiger partial charge in [-0.25, -0.2) is 8.42 Å². The Morgan fingerprint density at radius 1 is 0.975 bits per heavy atom. The fraction of sp³-hybridized carbons (Fsp3) is 0.393. The summed E-state index contributed by atoms with van der Waals surface area (Å²) < 4.78 is 34.2. The number of ether oxygens (including phenoxy) is 1. The first-order chi connectivity index (χ1) is 19.2. The fourth-order valence-corrected chi connectivity index (χ4v) is 4.95. The van der Waals surface area contributed by atoms with Crippen molar-refractivity contribution < 1.29 is 32.1 Å². The van der Waals surface area contributed by atoms with E-state index in [0.29, 0.717) is 31.9 Å². The number of rotatable bonds is 10. The van der Waals surface area contributed by atoms with Crippen LogP contribution < -0.4 is 5.32 Å². The monoisotopic (exact) mass is 570 g/mol. The maximum absolute atomic E-state index is 13.0.